The van der Waals surface area contributed by atoms with Crippen molar-refractivity contribution in [1.29, 1.82) is 0 Å². The number of carboxylic acids is 1. The van der Waals surface area contributed by atoms with Gasteiger partial charge in [0, 0.05) is 6.07 Å². The van der Waals surface area contributed by atoms with Crippen molar-refractivity contribution in [2.75, 3.05) is 0 Å². The molecule has 0 fully saturated rings. The molecule has 0 saturated heterocycles. The summed E-state index contributed by atoms with van der Waals surface area (Å²) in [4.78, 5) is 10.7. The summed E-state index contributed by atoms with van der Waals surface area (Å²) in [6.07, 6.45) is -0.548. The average molecular weight is 285 g/mol. The molecule has 2 aromatic rings. The van der Waals surface area contributed by atoms with Crippen LogP contribution in [-0.4, -0.2) is 11.1 Å². The summed E-state index contributed by atoms with van der Waals surface area (Å²) in [6, 6.07) is 6.88. The maximum absolute atomic E-state index is 13.2. The average Bonchev–Trinajstić information content (AvgIpc) is 2.83. The lowest BCUT2D eigenvalue weighted by atomic mass is 10.3. The van der Waals surface area contributed by atoms with Crippen LogP contribution < -0.4 is 4.74 Å². The summed E-state index contributed by atoms with van der Waals surface area (Å²) < 4.78 is 23.8. The fraction of sp³-hybridized carbons (Fsp3) is 0.154. The van der Waals surface area contributed by atoms with Gasteiger partial charge in [-0.25, -0.2) is 9.18 Å². The highest BCUT2D eigenvalue weighted by Gasteiger charge is 2.16. The van der Waals surface area contributed by atoms with Crippen molar-refractivity contribution in [3.63, 3.8) is 0 Å². The molecule has 0 aliphatic heterocycles. The first-order chi connectivity index (χ1) is 8.97. The second kappa shape index (κ2) is 5.32. The fourth-order valence-electron chi connectivity index (χ4n) is 1.50. The van der Waals surface area contributed by atoms with E-state index in [1.54, 1.807) is 6.92 Å². The van der Waals surface area contributed by atoms with E-state index in [2.05, 4.69) is 0 Å². The maximum atomic E-state index is 13.2. The number of halogens is 2. The van der Waals surface area contributed by atoms with E-state index in [1.807, 2.05) is 0 Å². The van der Waals surface area contributed by atoms with Crippen molar-refractivity contribution in [2.45, 2.75) is 13.0 Å². The first-order valence-corrected chi connectivity index (χ1v) is 5.80. The number of carboxylic acid groups (broad SMARTS) is 1. The number of ether oxygens (including phenoxy) is 1. The highest BCUT2D eigenvalue weighted by molar-refractivity contribution is 6.30. The summed E-state index contributed by atoms with van der Waals surface area (Å²) in [5.41, 5.74) is 0. The van der Waals surface area contributed by atoms with Crippen LogP contribution in [0.4, 0.5) is 4.39 Å². The summed E-state index contributed by atoms with van der Waals surface area (Å²) in [7, 11) is 0. The quantitative estimate of drug-likeness (QED) is 0.924. The van der Waals surface area contributed by atoms with Crippen molar-refractivity contribution in [3.8, 4) is 5.75 Å². The number of carbonyl (C=O) groups is 1. The van der Waals surface area contributed by atoms with Crippen LogP contribution in [-0.2, 0) is 0 Å². The SMILES string of the molecule is CC(Oc1ccc(Cl)c(F)c1)c1ccc(C(=O)O)o1. The lowest BCUT2D eigenvalue weighted by Crippen LogP contribution is -2.02. The van der Waals surface area contributed by atoms with E-state index in [0.717, 1.165) is 6.07 Å². The van der Waals surface area contributed by atoms with Crippen LogP contribution >= 0.6 is 11.6 Å². The van der Waals surface area contributed by atoms with E-state index in [1.165, 1.54) is 24.3 Å². The predicted molar refractivity (Wildman–Crippen MR) is 66.1 cm³/mol. The molecule has 0 spiro atoms. The van der Waals surface area contributed by atoms with E-state index >= 15 is 0 Å². The van der Waals surface area contributed by atoms with Crippen LogP contribution in [0, 0.1) is 5.82 Å². The monoisotopic (exact) mass is 284 g/mol. The topological polar surface area (TPSA) is 59.7 Å². The molecule has 1 heterocycles. The Kier molecular flexibility index (Phi) is 3.76. The molecule has 100 valence electrons. The molecule has 6 heteroatoms. The van der Waals surface area contributed by atoms with Gasteiger partial charge in [0.2, 0.25) is 5.76 Å². The number of furan rings is 1. The number of benzene rings is 1. The van der Waals surface area contributed by atoms with Crippen LogP contribution in [0.5, 0.6) is 5.75 Å². The van der Waals surface area contributed by atoms with Crippen LogP contribution in [0.3, 0.4) is 0 Å². The lowest BCUT2D eigenvalue weighted by Gasteiger charge is -2.12. The Hall–Kier alpha value is -2.01. The molecule has 2 rings (SSSR count). The molecule has 0 bridgehead atoms. The van der Waals surface area contributed by atoms with E-state index in [-0.39, 0.29) is 16.5 Å². The Balaban J connectivity index is 2.13. The number of hydrogen-bond acceptors (Lipinski definition) is 3. The minimum Gasteiger partial charge on any atom is -0.483 e. The van der Waals surface area contributed by atoms with Crippen molar-refractivity contribution in [3.05, 3.63) is 52.7 Å². The van der Waals surface area contributed by atoms with Gasteiger partial charge < -0.3 is 14.3 Å². The van der Waals surface area contributed by atoms with E-state index in [4.69, 9.17) is 25.9 Å². The second-order valence-electron chi connectivity index (χ2n) is 3.84. The molecular weight excluding hydrogens is 275 g/mol. The van der Waals surface area contributed by atoms with Crippen molar-refractivity contribution < 1.29 is 23.4 Å². The highest BCUT2D eigenvalue weighted by atomic mass is 35.5. The van der Waals surface area contributed by atoms with Gasteiger partial charge >= 0.3 is 5.97 Å². The van der Waals surface area contributed by atoms with E-state index < -0.39 is 17.9 Å². The first kappa shape index (κ1) is 13.4. The summed E-state index contributed by atoms with van der Waals surface area (Å²) >= 11 is 5.56. The van der Waals surface area contributed by atoms with Gasteiger partial charge in [-0.3, -0.25) is 0 Å². The minimum absolute atomic E-state index is 0.00571. The fourth-order valence-corrected chi connectivity index (χ4v) is 1.62. The molecule has 1 atom stereocenters. The van der Waals surface area contributed by atoms with Crippen molar-refractivity contribution in [1.82, 2.24) is 0 Å². The molecule has 0 aliphatic rings. The van der Waals surface area contributed by atoms with Crippen LogP contribution in [0.1, 0.15) is 29.3 Å². The van der Waals surface area contributed by atoms with Crippen molar-refractivity contribution in [2.24, 2.45) is 0 Å². The Morgan fingerprint density at radius 1 is 1.42 bits per heavy atom. The first-order valence-electron chi connectivity index (χ1n) is 5.42. The smallest absolute Gasteiger partial charge is 0.371 e. The summed E-state index contributed by atoms with van der Waals surface area (Å²) in [5, 5.41) is 8.74. The molecule has 1 unspecified atom stereocenters. The second-order valence-corrected chi connectivity index (χ2v) is 4.25. The zero-order valence-electron chi connectivity index (χ0n) is 9.89. The maximum Gasteiger partial charge on any atom is 0.371 e. The van der Waals surface area contributed by atoms with Gasteiger partial charge in [0.25, 0.3) is 0 Å². The third-order valence-electron chi connectivity index (χ3n) is 2.44. The Bertz CT molecular complexity index is 608. The van der Waals surface area contributed by atoms with Gasteiger partial charge in [-0.05, 0) is 31.2 Å². The Morgan fingerprint density at radius 2 is 2.16 bits per heavy atom. The lowest BCUT2D eigenvalue weighted by molar-refractivity contribution is 0.0655. The molecule has 0 amide bonds. The molecule has 19 heavy (non-hydrogen) atoms. The minimum atomic E-state index is -1.16. The Morgan fingerprint density at radius 3 is 2.74 bits per heavy atom. The van der Waals surface area contributed by atoms with Gasteiger partial charge in [0.05, 0.1) is 5.02 Å². The van der Waals surface area contributed by atoms with Crippen LogP contribution in [0.2, 0.25) is 5.02 Å². The normalized spacial score (nSPS) is 12.2. The molecule has 0 aliphatic carbocycles. The third kappa shape index (κ3) is 3.06. The van der Waals surface area contributed by atoms with Crippen molar-refractivity contribution >= 4 is 17.6 Å². The zero-order chi connectivity index (χ0) is 14.0. The van der Waals surface area contributed by atoms with E-state index in [9.17, 15) is 9.18 Å². The van der Waals surface area contributed by atoms with Crippen LogP contribution in [0.15, 0.2) is 34.7 Å². The zero-order valence-corrected chi connectivity index (χ0v) is 10.6. The Labute approximate surface area is 113 Å². The molecular formula is C13H10ClFO4. The number of hydrogen-bond donors (Lipinski definition) is 1. The number of aromatic carboxylic acids is 1. The van der Waals surface area contributed by atoms with E-state index in [0.29, 0.717) is 5.76 Å². The van der Waals surface area contributed by atoms with Gasteiger partial charge in [-0.2, -0.15) is 0 Å². The molecule has 0 saturated carbocycles. The molecule has 1 aromatic carbocycles. The van der Waals surface area contributed by atoms with Crippen LogP contribution in [0.25, 0.3) is 0 Å². The standard InChI is InChI=1S/C13H10ClFO4/c1-7(11-4-5-12(19-11)13(16)17)18-8-2-3-9(14)10(15)6-8/h2-7H,1H3,(H,16,17). The molecule has 1 N–H and O–H groups in total. The molecule has 4 nitrogen and oxygen atoms in total. The van der Waals surface area contributed by atoms with Gasteiger partial charge in [-0.15, -0.1) is 0 Å². The summed E-state index contributed by atoms with van der Waals surface area (Å²) in [5.74, 6) is -1.30. The third-order valence-corrected chi connectivity index (χ3v) is 2.75. The largest absolute Gasteiger partial charge is 0.483 e. The molecule has 1 aromatic heterocycles. The predicted octanol–water partition coefficient (Wildman–Crippen LogP) is 3.91. The highest BCUT2D eigenvalue weighted by Crippen LogP contribution is 2.26. The summed E-state index contributed by atoms with van der Waals surface area (Å²) in [6.45, 7) is 1.66. The van der Waals surface area contributed by atoms with Gasteiger partial charge in [0.1, 0.15) is 17.3 Å². The van der Waals surface area contributed by atoms with Gasteiger partial charge in [-0.1, -0.05) is 11.6 Å². The number of rotatable bonds is 4. The van der Waals surface area contributed by atoms with Gasteiger partial charge in [0.15, 0.2) is 6.10 Å². The molecule has 0 radical (unpaired) electrons.